The van der Waals surface area contributed by atoms with Gasteiger partial charge in [-0.25, -0.2) is 4.79 Å². The molecule has 0 saturated carbocycles. The van der Waals surface area contributed by atoms with Crippen LogP contribution in [0.15, 0.2) is 12.1 Å². The summed E-state index contributed by atoms with van der Waals surface area (Å²) in [6, 6.07) is 2.67. The lowest BCUT2D eigenvalue weighted by atomic mass is 10.2. The number of non-ortho nitro benzene ring substituents is 1. The maximum absolute atomic E-state index is 11.9. The molecule has 1 atom stereocenters. The quantitative estimate of drug-likeness (QED) is 0.438. The molecule has 0 aromatic heterocycles. The second-order valence-electron chi connectivity index (χ2n) is 5.75. The number of unbranched alkanes of at least 4 members (excludes halogenated alkanes) is 1. The fourth-order valence-corrected chi connectivity index (χ4v) is 2.64. The highest BCUT2D eigenvalue weighted by Gasteiger charge is 2.29. The number of carbonyl (C=O) groups is 1. The van der Waals surface area contributed by atoms with Crippen molar-refractivity contribution >= 4 is 23.4 Å². The average Bonchev–Trinajstić information content (AvgIpc) is 3.00. The lowest BCUT2D eigenvalue weighted by Crippen LogP contribution is -2.31. The molecule has 1 fully saturated rings. The Labute approximate surface area is 145 Å². The predicted octanol–water partition coefficient (Wildman–Crippen LogP) is 3.95. The van der Waals surface area contributed by atoms with Gasteiger partial charge in [0.25, 0.3) is 5.69 Å². The van der Waals surface area contributed by atoms with Crippen molar-refractivity contribution < 1.29 is 19.2 Å². The summed E-state index contributed by atoms with van der Waals surface area (Å²) >= 11 is 6.03. The Morgan fingerprint density at radius 1 is 1.50 bits per heavy atom. The van der Waals surface area contributed by atoms with Crippen molar-refractivity contribution in [3.63, 3.8) is 0 Å². The lowest BCUT2D eigenvalue weighted by molar-refractivity contribution is -0.384. The van der Waals surface area contributed by atoms with E-state index < -0.39 is 4.92 Å². The van der Waals surface area contributed by atoms with Gasteiger partial charge < -0.3 is 14.4 Å². The van der Waals surface area contributed by atoms with Gasteiger partial charge in [-0.05, 0) is 13.3 Å². The molecule has 0 radical (unpaired) electrons. The van der Waals surface area contributed by atoms with Crippen LogP contribution in [0.1, 0.15) is 31.7 Å². The number of rotatable bonds is 6. The standard InChI is InChI=1S/C16H21ClN2O5/c1-3-4-7-23-16(20)18-6-5-13(10-18)24-15-9-12(19(21)22)8-14(17)11(15)2/h8-9,13H,3-7,10H2,1-2H3. The number of ether oxygens (including phenoxy) is 2. The zero-order chi connectivity index (χ0) is 17.7. The van der Waals surface area contributed by atoms with Crippen molar-refractivity contribution in [2.24, 2.45) is 0 Å². The Morgan fingerprint density at radius 3 is 2.92 bits per heavy atom. The van der Waals surface area contributed by atoms with E-state index in [1.54, 1.807) is 11.8 Å². The van der Waals surface area contributed by atoms with E-state index >= 15 is 0 Å². The van der Waals surface area contributed by atoms with E-state index in [2.05, 4.69) is 0 Å². The molecule has 24 heavy (non-hydrogen) atoms. The Morgan fingerprint density at radius 2 is 2.25 bits per heavy atom. The highest BCUT2D eigenvalue weighted by Crippen LogP contribution is 2.32. The van der Waals surface area contributed by atoms with Crippen molar-refractivity contribution in [2.75, 3.05) is 19.7 Å². The van der Waals surface area contributed by atoms with Crippen LogP contribution in [0.25, 0.3) is 0 Å². The first kappa shape index (κ1) is 18.3. The third-order valence-corrected chi connectivity index (χ3v) is 4.31. The van der Waals surface area contributed by atoms with Crippen LogP contribution >= 0.6 is 11.6 Å². The van der Waals surface area contributed by atoms with Gasteiger partial charge in [-0.15, -0.1) is 0 Å². The van der Waals surface area contributed by atoms with E-state index in [4.69, 9.17) is 21.1 Å². The highest BCUT2D eigenvalue weighted by molar-refractivity contribution is 6.31. The van der Waals surface area contributed by atoms with Crippen LogP contribution in [0.3, 0.4) is 0 Å². The minimum absolute atomic E-state index is 0.116. The summed E-state index contributed by atoms with van der Waals surface area (Å²) in [6.45, 7) is 5.12. The number of benzene rings is 1. The first-order chi connectivity index (χ1) is 11.4. The molecule has 1 aliphatic heterocycles. The number of amides is 1. The predicted molar refractivity (Wildman–Crippen MR) is 89.7 cm³/mol. The molecule has 132 valence electrons. The molecule has 0 N–H and O–H groups in total. The van der Waals surface area contributed by atoms with Crippen molar-refractivity contribution in [1.82, 2.24) is 4.90 Å². The number of nitrogens with zero attached hydrogens (tertiary/aromatic N) is 2. The lowest BCUT2D eigenvalue weighted by Gasteiger charge is -2.18. The molecule has 0 aliphatic carbocycles. The number of halogens is 1. The van der Waals surface area contributed by atoms with E-state index in [1.165, 1.54) is 12.1 Å². The monoisotopic (exact) mass is 356 g/mol. The second-order valence-corrected chi connectivity index (χ2v) is 6.16. The van der Waals surface area contributed by atoms with Gasteiger partial charge in [0.1, 0.15) is 11.9 Å². The molecule has 7 nitrogen and oxygen atoms in total. The summed E-state index contributed by atoms with van der Waals surface area (Å²) in [5.74, 6) is 0.375. The Bertz CT molecular complexity index is 623. The molecule has 2 rings (SSSR count). The number of nitro benzene ring substituents is 1. The molecule has 0 spiro atoms. The maximum atomic E-state index is 11.9. The normalized spacial score (nSPS) is 17.0. The van der Waals surface area contributed by atoms with Crippen LogP contribution in [0.4, 0.5) is 10.5 Å². The van der Waals surface area contributed by atoms with Gasteiger partial charge in [0.2, 0.25) is 0 Å². The Balaban J connectivity index is 1.98. The topological polar surface area (TPSA) is 81.9 Å². The molecular weight excluding hydrogens is 336 g/mol. The molecule has 0 bridgehead atoms. The second kappa shape index (κ2) is 8.19. The van der Waals surface area contributed by atoms with E-state index in [1.807, 2.05) is 6.92 Å². The summed E-state index contributed by atoms with van der Waals surface area (Å²) in [5.41, 5.74) is 0.528. The van der Waals surface area contributed by atoms with E-state index in [0.717, 1.165) is 12.8 Å². The zero-order valence-corrected chi connectivity index (χ0v) is 14.5. The summed E-state index contributed by atoms with van der Waals surface area (Å²) in [7, 11) is 0. The van der Waals surface area contributed by atoms with Gasteiger partial charge in [0.15, 0.2) is 0 Å². The van der Waals surface area contributed by atoms with Crippen molar-refractivity contribution in [3.05, 3.63) is 32.8 Å². The van der Waals surface area contributed by atoms with Crippen molar-refractivity contribution in [3.8, 4) is 5.75 Å². The largest absolute Gasteiger partial charge is 0.488 e. The van der Waals surface area contributed by atoms with E-state index in [9.17, 15) is 14.9 Å². The van der Waals surface area contributed by atoms with E-state index in [-0.39, 0.29) is 22.9 Å². The molecule has 1 aromatic rings. The molecule has 1 amide bonds. The SMILES string of the molecule is CCCCOC(=O)N1CCC(Oc2cc([N+](=O)[O-])cc(Cl)c2C)C1. The van der Waals surface area contributed by atoms with E-state index in [0.29, 0.717) is 37.4 Å². The van der Waals surface area contributed by atoms with Gasteiger partial charge >= 0.3 is 6.09 Å². The summed E-state index contributed by atoms with van der Waals surface area (Å²) in [6.07, 6.45) is 1.86. The Kier molecular flexibility index (Phi) is 6.25. The van der Waals surface area contributed by atoms with Crippen LogP contribution in [-0.4, -0.2) is 41.7 Å². The number of carbonyl (C=O) groups excluding carboxylic acids is 1. The number of likely N-dealkylation sites (tertiary alicyclic amines) is 1. The third-order valence-electron chi connectivity index (χ3n) is 3.91. The first-order valence-corrected chi connectivity index (χ1v) is 8.33. The Hall–Kier alpha value is -2.02. The minimum atomic E-state index is -0.510. The van der Waals surface area contributed by atoms with Gasteiger partial charge in [-0.3, -0.25) is 10.1 Å². The molecular formula is C16H21ClN2O5. The molecule has 1 unspecified atom stereocenters. The number of hydrogen-bond acceptors (Lipinski definition) is 5. The molecule has 8 heteroatoms. The highest BCUT2D eigenvalue weighted by atomic mass is 35.5. The summed E-state index contributed by atoms with van der Waals surface area (Å²) < 4.78 is 11.0. The van der Waals surface area contributed by atoms with Crippen LogP contribution in [-0.2, 0) is 4.74 Å². The van der Waals surface area contributed by atoms with Gasteiger partial charge in [-0.1, -0.05) is 24.9 Å². The molecule has 1 heterocycles. The van der Waals surface area contributed by atoms with Crippen molar-refractivity contribution in [1.29, 1.82) is 0 Å². The average molecular weight is 357 g/mol. The zero-order valence-electron chi connectivity index (χ0n) is 13.8. The summed E-state index contributed by atoms with van der Waals surface area (Å²) in [4.78, 5) is 23.9. The minimum Gasteiger partial charge on any atom is -0.488 e. The number of nitro groups is 1. The number of hydrogen-bond donors (Lipinski definition) is 0. The van der Waals surface area contributed by atoms with Crippen molar-refractivity contribution in [2.45, 2.75) is 39.2 Å². The fourth-order valence-electron chi connectivity index (χ4n) is 2.43. The van der Waals surface area contributed by atoms with Gasteiger partial charge in [0, 0.05) is 24.6 Å². The molecule has 1 aromatic carbocycles. The van der Waals surface area contributed by atoms with Crippen LogP contribution < -0.4 is 4.74 Å². The third kappa shape index (κ3) is 4.50. The first-order valence-electron chi connectivity index (χ1n) is 7.95. The van der Waals surface area contributed by atoms with Gasteiger partial charge in [-0.2, -0.15) is 0 Å². The molecule has 1 aliphatic rings. The maximum Gasteiger partial charge on any atom is 0.409 e. The smallest absolute Gasteiger partial charge is 0.409 e. The summed E-state index contributed by atoms with van der Waals surface area (Å²) in [5, 5.41) is 11.2. The molecule has 1 saturated heterocycles. The van der Waals surface area contributed by atoms with Gasteiger partial charge in [0.05, 0.1) is 29.2 Å². The van der Waals surface area contributed by atoms with Crippen LogP contribution in [0, 0.1) is 17.0 Å². The van der Waals surface area contributed by atoms with Crippen LogP contribution in [0.5, 0.6) is 5.75 Å². The fraction of sp³-hybridized carbons (Fsp3) is 0.562. The van der Waals surface area contributed by atoms with Crippen LogP contribution in [0.2, 0.25) is 5.02 Å².